The van der Waals surface area contributed by atoms with Gasteiger partial charge in [-0.3, -0.25) is 9.59 Å². The lowest BCUT2D eigenvalue weighted by atomic mass is 10.1. The summed E-state index contributed by atoms with van der Waals surface area (Å²) in [4.78, 5) is 37.0. The standard InChI is InChI=1S/C55H91NO7/c1-6-8-10-12-14-16-18-20-22-24-25-26-27-28-30-31-33-35-37-39-41-43-45-53(57)62-50-51(49-61-48-47-52(55(59)60)56(3,4)5)63-54(58)46-44-42-40-38-36-34-32-29-23-21-19-17-15-13-11-9-7-2/h9,11,13,15,17,19,21,23-25,27-29,32,34,36,51-52H,6-8,10,12,14,16,18,20,22,26,30-31,33,35,37-50H2,1-5H3/b11-9+,15-13+,19-17+,23-21+,25-24+,28-27+,32-29+,36-34+. The van der Waals surface area contributed by atoms with Crippen molar-refractivity contribution in [3.63, 3.8) is 0 Å². The molecule has 0 amide bonds. The van der Waals surface area contributed by atoms with Crippen LogP contribution in [-0.4, -0.2) is 75.5 Å². The molecule has 2 atom stereocenters. The zero-order valence-corrected chi connectivity index (χ0v) is 40.7. The Balaban J connectivity index is 4.36. The van der Waals surface area contributed by atoms with Gasteiger partial charge in [0.05, 0.1) is 40.3 Å². The molecule has 0 aliphatic rings. The van der Waals surface area contributed by atoms with Gasteiger partial charge in [-0.25, -0.2) is 0 Å². The van der Waals surface area contributed by atoms with E-state index >= 15 is 0 Å². The van der Waals surface area contributed by atoms with Gasteiger partial charge < -0.3 is 28.6 Å². The van der Waals surface area contributed by atoms with Crippen LogP contribution in [0.25, 0.3) is 0 Å². The Morgan fingerprint density at radius 1 is 0.508 bits per heavy atom. The minimum absolute atomic E-state index is 0.0135. The molecule has 0 rings (SSSR count). The Labute approximate surface area is 386 Å². The maximum absolute atomic E-state index is 12.7. The van der Waals surface area contributed by atoms with Crippen molar-refractivity contribution in [1.82, 2.24) is 0 Å². The van der Waals surface area contributed by atoms with E-state index in [1.807, 2.05) is 60.8 Å². The fourth-order valence-corrected chi connectivity index (χ4v) is 6.78. The first-order valence-corrected chi connectivity index (χ1v) is 24.8. The molecule has 8 nitrogen and oxygen atoms in total. The topological polar surface area (TPSA) is 102 Å². The van der Waals surface area contributed by atoms with E-state index < -0.39 is 18.1 Å². The van der Waals surface area contributed by atoms with Crippen LogP contribution in [0, 0.1) is 0 Å². The van der Waals surface area contributed by atoms with Crippen LogP contribution in [0.2, 0.25) is 0 Å². The largest absolute Gasteiger partial charge is 0.544 e. The molecule has 63 heavy (non-hydrogen) atoms. The number of quaternary nitrogens is 1. The zero-order valence-electron chi connectivity index (χ0n) is 40.7. The zero-order chi connectivity index (χ0) is 46.3. The molecular weight excluding hydrogens is 787 g/mol. The maximum atomic E-state index is 12.7. The minimum Gasteiger partial charge on any atom is -0.544 e. The predicted octanol–water partition coefficient (Wildman–Crippen LogP) is 12.9. The van der Waals surface area contributed by atoms with Crippen molar-refractivity contribution in [2.24, 2.45) is 0 Å². The number of rotatable bonds is 43. The second kappa shape index (κ2) is 44.8. The Hall–Kier alpha value is -3.75. The van der Waals surface area contributed by atoms with Gasteiger partial charge in [0, 0.05) is 19.3 Å². The molecule has 0 saturated carbocycles. The summed E-state index contributed by atoms with van der Waals surface area (Å²) in [5.74, 6) is -1.81. The minimum atomic E-state index is -1.14. The molecule has 0 spiro atoms. The number of likely N-dealkylation sites (N-methyl/N-ethyl adjacent to an activating group) is 1. The van der Waals surface area contributed by atoms with Gasteiger partial charge in [-0.05, 0) is 64.2 Å². The molecule has 2 unspecified atom stereocenters. The van der Waals surface area contributed by atoms with Gasteiger partial charge in [-0.1, -0.05) is 195 Å². The number of esters is 2. The molecule has 0 radical (unpaired) electrons. The normalized spacial score (nSPS) is 13.7. The smallest absolute Gasteiger partial charge is 0.306 e. The second-order valence-electron chi connectivity index (χ2n) is 17.5. The summed E-state index contributed by atoms with van der Waals surface area (Å²) >= 11 is 0. The number of carbonyl (C=O) groups excluding carboxylic acids is 3. The fraction of sp³-hybridized carbons (Fsp3) is 0.655. The Kier molecular flexibility index (Phi) is 42.2. The van der Waals surface area contributed by atoms with Gasteiger partial charge in [0.25, 0.3) is 0 Å². The summed E-state index contributed by atoms with van der Waals surface area (Å²) in [6.07, 6.45) is 60.1. The van der Waals surface area contributed by atoms with Gasteiger partial charge in [0.1, 0.15) is 12.6 Å². The van der Waals surface area contributed by atoms with Crippen molar-refractivity contribution in [2.45, 2.75) is 193 Å². The van der Waals surface area contributed by atoms with Crippen LogP contribution in [0.5, 0.6) is 0 Å². The van der Waals surface area contributed by atoms with Gasteiger partial charge in [-0.15, -0.1) is 0 Å². The number of ether oxygens (including phenoxy) is 3. The molecule has 0 saturated heterocycles. The number of carboxylic acid groups (broad SMARTS) is 1. The van der Waals surface area contributed by atoms with Gasteiger partial charge >= 0.3 is 11.9 Å². The van der Waals surface area contributed by atoms with Gasteiger partial charge in [-0.2, -0.15) is 0 Å². The molecule has 0 N–H and O–H groups in total. The van der Waals surface area contributed by atoms with Crippen LogP contribution in [0.1, 0.15) is 181 Å². The molecule has 0 heterocycles. The third-order valence-electron chi connectivity index (χ3n) is 10.6. The summed E-state index contributed by atoms with van der Waals surface area (Å²) in [7, 11) is 5.38. The van der Waals surface area contributed by atoms with E-state index in [1.165, 1.54) is 83.5 Å². The van der Waals surface area contributed by atoms with E-state index in [-0.39, 0.29) is 49.1 Å². The Morgan fingerprint density at radius 3 is 1.46 bits per heavy atom. The molecule has 0 bridgehead atoms. The first-order valence-electron chi connectivity index (χ1n) is 24.8. The number of carbonyl (C=O) groups is 3. The molecule has 8 heteroatoms. The summed E-state index contributed by atoms with van der Waals surface area (Å²) < 4.78 is 17.2. The Bertz CT molecular complexity index is 1350. The number of aliphatic carboxylic acids is 1. The van der Waals surface area contributed by atoms with E-state index in [1.54, 1.807) is 21.1 Å². The number of hydrogen-bond donors (Lipinski definition) is 0. The molecule has 0 aromatic carbocycles. The van der Waals surface area contributed by atoms with Crippen LogP contribution < -0.4 is 5.11 Å². The average Bonchev–Trinajstić information content (AvgIpc) is 3.24. The van der Waals surface area contributed by atoms with E-state index in [0.717, 1.165) is 57.8 Å². The average molecular weight is 878 g/mol. The van der Waals surface area contributed by atoms with Gasteiger partial charge in [0.15, 0.2) is 6.10 Å². The lowest BCUT2D eigenvalue weighted by Gasteiger charge is -2.34. The number of hydrogen-bond acceptors (Lipinski definition) is 7. The number of carboxylic acids is 1. The van der Waals surface area contributed by atoms with Crippen molar-refractivity contribution in [2.75, 3.05) is 41.0 Å². The maximum Gasteiger partial charge on any atom is 0.306 e. The molecule has 0 aromatic heterocycles. The Morgan fingerprint density at radius 2 is 0.952 bits per heavy atom. The highest BCUT2D eigenvalue weighted by atomic mass is 16.6. The lowest BCUT2D eigenvalue weighted by molar-refractivity contribution is -0.889. The lowest BCUT2D eigenvalue weighted by Crippen LogP contribution is -2.55. The van der Waals surface area contributed by atoms with Crippen molar-refractivity contribution < 1.29 is 38.2 Å². The van der Waals surface area contributed by atoms with Gasteiger partial charge in [0.2, 0.25) is 0 Å². The molecular formula is C55H91NO7. The predicted molar refractivity (Wildman–Crippen MR) is 263 cm³/mol. The highest BCUT2D eigenvalue weighted by Gasteiger charge is 2.25. The molecule has 0 aromatic rings. The number of nitrogens with zero attached hydrogens (tertiary/aromatic N) is 1. The van der Waals surface area contributed by atoms with Crippen LogP contribution >= 0.6 is 0 Å². The van der Waals surface area contributed by atoms with E-state index in [9.17, 15) is 19.5 Å². The first kappa shape index (κ1) is 59.2. The molecule has 0 aliphatic heterocycles. The second-order valence-corrected chi connectivity index (χ2v) is 17.5. The van der Waals surface area contributed by atoms with Crippen molar-refractivity contribution in [3.8, 4) is 0 Å². The third-order valence-corrected chi connectivity index (χ3v) is 10.6. The SMILES string of the molecule is CC/C=C/C=C/C=C/C=C/C=C/C=C/CCCCCC(=O)OC(COCCC(C(=O)[O-])[N+](C)(C)C)COC(=O)CCCCCCCCC/C=C/C/C=C/CCCCCCCCCC. The van der Waals surface area contributed by atoms with Crippen LogP contribution in [0.15, 0.2) is 97.2 Å². The summed E-state index contributed by atoms with van der Waals surface area (Å²) in [5.41, 5.74) is 0. The highest BCUT2D eigenvalue weighted by molar-refractivity contribution is 5.70. The van der Waals surface area contributed by atoms with Crippen LogP contribution in [-0.2, 0) is 28.6 Å². The van der Waals surface area contributed by atoms with E-state index in [0.29, 0.717) is 12.8 Å². The monoisotopic (exact) mass is 878 g/mol. The molecule has 0 aliphatic carbocycles. The van der Waals surface area contributed by atoms with Crippen molar-refractivity contribution >= 4 is 17.9 Å². The fourth-order valence-electron chi connectivity index (χ4n) is 6.78. The molecule has 0 fully saturated rings. The highest BCUT2D eigenvalue weighted by Crippen LogP contribution is 2.13. The first-order chi connectivity index (χ1) is 30.6. The quantitative estimate of drug-likeness (QED) is 0.0198. The summed E-state index contributed by atoms with van der Waals surface area (Å²) in [6.45, 7) is 4.45. The molecule has 358 valence electrons. The van der Waals surface area contributed by atoms with E-state index in [2.05, 4.69) is 50.3 Å². The third kappa shape index (κ3) is 43.3. The summed E-state index contributed by atoms with van der Waals surface area (Å²) in [5, 5.41) is 11.7. The van der Waals surface area contributed by atoms with Crippen LogP contribution in [0.4, 0.5) is 0 Å². The van der Waals surface area contributed by atoms with Crippen LogP contribution in [0.3, 0.4) is 0 Å². The van der Waals surface area contributed by atoms with E-state index in [4.69, 9.17) is 14.2 Å². The van der Waals surface area contributed by atoms with Crippen molar-refractivity contribution in [1.29, 1.82) is 0 Å². The number of unbranched alkanes of at least 4 members (excludes halogenated alkanes) is 18. The van der Waals surface area contributed by atoms with Crippen molar-refractivity contribution in [3.05, 3.63) is 97.2 Å². The summed E-state index contributed by atoms with van der Waals surface area (Å²) in [6, 6.07) is -0.742. The number of allylic oxidation sites excluding steroid dienone is 16.